The number of unbranched alkanes of at least 4 members (excludes halogenated alkanes) is 2. The van der Waals surface area contributed by atoms with Crippen molar-refractivity contribution >= 4 is 47.3 Å². The Hall–Kier alpha value is -5.14. The van der Waals surface area contributed by atoms with E-state index in [2.05, 4.69) is 21.3 Å². The highest BCUT2D eigenvalue weighted by atomic mass is 16.4. The molecule has 3 aliphatic heterocycles. The highest BCUT2D eigenvalue weighted by Gasteiger charge is 2.45. The summed E-state index contributed by atoms with van der Waals surface area (Å²) in [6.07, 6.45) is 5.37. The molecule has 3 saturated heterocycles. The first-order valence-corrected chi connectivity index (χ1v) is 20.8. The number of carbonyl (C=O) groups excluding carboxylic acids is 7. The minimum atomic E-state index is -1.21. The summed E-state index contributed by atoms with van der Waals surface area (Å²) in [6.45, 7) is 0.868. The topological polar surface area (TPSA) is 293 Å². The summed E-state index contributed by atoms with van der Waals surface area (Å²) in [4.78, 5) is 111. The molecule has 0 aromatic heterocycles. The molecule has 19 heteroatoms. The van der Waals surface area contributed by atoms with E-state index in [0.29, 0.717) is 77.3 Å². The first-order valence-electron chi connectivity index (χ1n) is 20.8. The summed E-state index contributed by atoms with van der Waals surface area (Å²) < 4.78 is 0. The average molecular weight is 827 g/mol. The van der Waals surface area contributed by atoms with Gasteiger partial charge >= 0.3 is 5.97 Å². The molecular weight excluding hydrogens is 765 g/mol. The maximum absolute atomic E-state index is 14.2. The third-order valence-electron chi connectivity index (χ3n) is 11.2. The van der Waals surface area contributed by atoms with Gasteiger partial charge in [0.15, 0.2) is 0 Å². The molecule has 326 valence electrons. The number of hydrogen-bond acceptors (Lipinski definition) is 11. The fourth-order valence-corrected chi connectivity index (χ4v) is 8.07. The third kappa shape index (κ3) is 13.2. The smallest absolute Gasteiger partial charge is 0.326 e. The van der Waals surface area contributed by atoms with Crippen LogP contribution in [0, 0.1) is 0 Å². The number of nitrogens with zero attached hydrogens (tertiary/aromatic N) is 3. The number of benzene rings is 1. The number of nitrogens with two attached hydrogens (primary N) is 3. The molecular formula is C40H62N10O9. The molecule has 7 amide bonds. The Labute approximate surface area is 344 Å². The number of amides is 7. The Bertz CT molecular complexity index is 1630. The van der Waals surface area contributed by atoms with E-state index in [0.717, 1.165) is 5.56 Å². The van der Waals surface area contributed by atoms with E-state index < -0.39 is 83.6 Å². The number of carboxylic acid groups (broad SMARTS) is 1. The second kappa shape index (κ2) is 23.5. The van der Waals surface area contributed by atoms with Crippen molar-refractivity contribution in [2.24, 2.45) is 17.2 Å². The lowest BCUT2D eigenvalue weighted by Gasteiger charge is -2.34. The second-order valence-electron chi connectivity index (χ2n) is 15.4. The van der Waals surface area contributed by atoms with Gasteiger partial charge in [-0.15, -0.1) is 0 Å². The molecule has 0 aliphatic carbocycles. The zero-order valence-electron chi connectivity index (χ0n) is 33.8. The molecule has 6 atom stereocenters. The maximum Gasteiger partial charge on any atom is 0.326 e. The summed E-state index contributed by atoms with van der Waals surface area (Å²) >= 11 is 0. The molecule has 0 bridgehead atoms. The summed E-state index contributed by atoms with van der Waals surface area (Å²) in [5, 5.41) is 20.4. The molecule has 19 nitrogen and oxygen atoms in total. The van der Waals surface area contributed by atoms with Crippen LogP contribution in [0.15, 0.2) is 30.3 Å². The van der Waals surface area contributed by atoms with Crippen LogP contribution in [0.1, 0.15) is 82.6 Å². The van der Waals surface area contributed by atoms with Crippen molar-refractivity contribution in [3.63, 3.8) is 0 Å². The number of hydrogen-bond donors (Lipinski definition) is 8. The van der Waals surface area contributed by atoms with Crippen molar-refractivity contribution in [2.45, 2.75) is 120 Å². The van der Waals surface area contributed by atoms with Crippen molar-refractivity contribution < 1.29 is 43.5 Å². The molecule has 0 saturated carbocycles. The Morgan fingerprint density at radius 1 is 0.627 bits per heavy atom. The lowest BCUT2D eigenvalue weighted by molar-refractivity contribution is -0.148. The predicted molar refractivity (Wildman–Crippen MR) is 216 cm³/mol. The number of rotatable bonds is 22. The van der Waals surface area contributed by atoms with Crippen LogP contribution in [0.25, 0.3) is 0 Å². The average Bonchev–Trinajstić information content (AvgIpc) is 4.04. The second-order valence-corrected chi connectivity index (χ2v) is 15.4. The zero-order valence-corrected chi connectivity index (χ0v) is 33.8. The van der Waals surface area contributed by atoms with Gasteiger partial charge in [-0.3, -0.25) is 33.6 Å². The Morgan fingerprint density at radius 2 is 1.12 bits per heavy atom. The highest BCUT2D eigenvalue weighted by molar-refractivity contribution is 5.97. The van der Waals surface area contributed by atoms with E-state index in [1.165, 1.54) is 14.7 Å². The Morgan fingerprint density at radius 3 is 1.66 bits per heavy atom. The van der Waals surface area contributed by atoms with Crippen LogP contribution in [-0.2, 0) is 44.8 Å². The van der Waals surface area contributed by atoms with E-state index in [9.17, 15) is 43.5 Å². The quantitative estimate of drug-likeness (QED) is 0.0594. The molecule has 59 heavy (non-hydrogen) atoms. The van der Waals surface area contributed by atoms with Crippen molar-refractivity contribution in [2.75, 3.05) is 45.8 Å². The van der Waals surface area contributed by atoms with Gasteiger partial charge < -0.3 is 58.3 Å². The monoisotopic (exact) mass is 826 g/mol. The highest BCUT2D eigenvalue weighted by Crippen LogP contribution is 2.27. The lowest BCUT2D eigenvalue weighted by atomic mass is 10.0. The molecule has 4 rings (SSSR count). The normalized spacial score (nSPS) is 20.4. The summed E-state index contributed by atoms with van der Waals surface area (Å²) in [6, 6.07) is 2.97. The van der Waals surface area contributed by atoms with Crippen molar-refractivity contribution in [3.05, 3.63) is 35.9 Å². The minimum absolute atomic E-state index is 0.0617. The van der Waals surface area contributed by atoms with Gasteiger partial charge in [0.05, 0.1) is 13.1 Å². The first-order chi connectivity index (χ1) is 28.4. The van der Waals surface area contributed by atoms with Crippen LogP contribution in [-0.4, -0.2) is 149 Å². The maximum atomic E-state index is 14.2. The largest absolute Gasteiger partial charge is 0.480 e. The summed E-state index contributed by atoms with van der Waals surface area (Å²) in [5.41, 5.74) is 17.5. The van der Waals surface area contributed by atoms with Gasteiger partial charge in [0.25, 0.3) is 0 Å². The van der Waals surface area contributed by atoms with Crippen LogP contribution >= 0.6 is 0 Å². The van der Waals surface area contributed by atoms with Gasteiger partial charge in [0.1, 0.15) is 36.3 Å². The SMILES string of the molecule is NCCCC[C@H](NC(=O)[C@@H]1CCCN1C(=O)[C@@H]1CCCN1C(=O)[C@H](CCCCN)NC(=O)CNC(=O)CN)C(=O)N1CCC[C@H]1C(=O)N[C@@H](Cc1ccccc1)C(=O)O. The molecule has 0 radical (unpaired) electrons. The van der Waals surface area contributed by atoms with E-state index in [1.54, 1.807) is 30.3 Å². The first kappa shape index (κ1) is 46.5. The number of nitrogens with one attached hydrogen (secondary N) is 4. The molecule has 0 unspecified atom stereocenters. The molecule has 1 aromatic carbocycles. The molecule has 3 aliphatic rings. The predicted octanol–water partition coefficient (Wildman–Crippen LogP) is -1.93. The van der Waals surface area contributed by atoms with Crippen LogP contribution in [0.5, 0.6) is 0 Å². The zero-order chi connectivity index (χ0) is 42.9. The molecule has 3 fully saturated rings. The van der Waals surface area contributed by atoms with Gasteiger partial charge in [-0.05, 0) is 95.7 Å². The van der Waals surface area contributed by atoms with Crippen LogP contribution < -0.4 is 38.5 Å². The van der Waals surface area contributed by atoms with Crippen molar-refractivity contribution in [3.8, 4) is 0 Å². The van der Waals surface area contributed by atoms with E-state index in [-0.39, 0.29) is 52.0 Å². The number of carbonyl (C=O) groups is 8. The lowest BCUT2D eigenvalue weighted by Crippen LogP contribution is -2.59. The third-order valence-corrected chi connectivity index (χ3v) is 11.2. The number of carboxylic acids is 1. The van der Waals surface area contributed by atoms with E-state index >= 15 is 0 Å². The van der Waals surface area contributed by atoms with Crippen molar-refractivity contribution in [1.82, 2.24) is 36.0 Å². The Kier molecular flexibility index (Phi) is 18.5. The van der Waals surface area contributed by atoms with E-state index in [1.807, 2.05) is 0 Å². The van der Waals surface area contributed by atoms with Crippen LogP contribution in [0.4, 0.5) is 0 Å². The molecule has 0 spiro atoms. The summed E-state index contributed by atoms with van der Waals surface area (Å²) in [7, 11) is 0. The van der Waals surface area contributed by atoms with Gasteiger partial charge in [0.2, 0.25) is 41.4 Å². The van der Waals surface area contributed by atoms with Crippen LogP contribution in [0.3, 0.4) is 0 Å². The minimum Gasteiger partial charge on any atom is -0.480 e. The Balaban J connectivity index is 1.44. The van der Waals surface area contributed by atoms with Gasteiger partial charge in [-0.2, -0.15) is 0 Å². The molecule has 11 N–H and O–H groups in total. The number of likely N-dealkylation sites (tertiary alicyclic amines) is 3. The molecule has 1 aromatic rings. The standard InChI is InChI=1S/C40H62N10O9/c41-18-6-4-13-27(45-34(52)25-44-33(51)24-43)37(55)50-22-10-17-32(50)39(57)49-21-9-16-31(49)35(53)46-28(14-5-7-19-42)38(56)48-20-8-15-30(48)36(54)47-29(40(58)59)23-26-11-2-1-3-12-26/h1-3,11-12,27-32H,4-10,13-25,41-43H2,(H,44,51)(H,45,52)(H,46,53)(H,47,54)(H,58,59)/t27-,28-,29-,30-,31-,32-/m0/s1. The van der Waals surface area contributed by atoms with Crippen LogP contribution in [0.2, 0.25) is 0 Å². The van der Waals surface area contributed by atoms with Crippen molar-refractivity contribution in [1.29, 1.82) is 0 Å². The van der Waals surface area contributed by atoms with Gasteiger partial charge in [-0.1, -0.05) is 30.3 Å². The fourth-order valence-electron chi connectivity index (χ4n) is 8.07. The van der Waals surface area contributed by atoms with E-state index in [4.69, 9.17) is 17.2 Å². The van der Waals surface area contributed by atoms with Gasteiger partial charge in [0, 0.05) is 26.1 Å². The fraction of sp³-hybridized carbons (Fsp3) is 0.650. The number of aliphatic carboxylic acids is 1. The van der Waals surface area contributed by atoms with Gasteiger partial charge in [-0.25, -0.2) is 4.79 Å². The molecule has 3 heterocycles. The summed E-state index contributed by atoms with van der Waals surface area (Å²) in [5.74, 6) is -4.75.